The van der Waals surface area contributed by atoms with Crippen molar-refractivity contribution in [3.05, 3.63) is 30.1 Å². The first-order valence-electron chi connectivity index (χ1n) is 11.3. The minimum Gasteiger partial charge on any atom is -0.383 e. The quantitative estimate of drug-likeness (QED) is 0.538. The molecule has 0 unspecified atom stereocenters. The summed E-state index contributed by atoms with van der Waals surface area (Å²) in [5, 5.41) is 0. The molecule has 2 atom stereocenters. The lowest BCUT2D eigenvalue weighted by atomic mass is 9.97. The molecule has 0 spiro atoms. The van der Waals surface area contributed by atoms with Crippen LogP contribution >= 0.6 is 0 Å². The van der Waals surface area contributed by atoms with Gasteiger partial charge in [0.15, 0.2) is 0 Å². The molecular formula is C23H35N5O4. The van der Waals surface area contributed by atoms with Crippen molar-refractivity contribution in [1.29, 1.82) is 0 Å². The number of hydrogen-bond donors (Lipinski definition) is 0. The van der Waals surface area contributed by atoms with Gasteiger partial charge in [-0.2, -0.15) is 0 Å². The van der Waals surface area contributed by atoms with Crippen LogP contribution in [0.3, 0.4) is 0 Å². The van der Waals surface area contributed by atoms with E-state index < -0.39 is 6.04 Å². The SMILES string of the molecule is COCCN1C[C@H]2CN(CC(=O)N(C)CCc3ccccn3)C(=O)N2[C@@H](CC(C)C)C1=O. The van der Waals surface area contributed by atoms with Crippen LogP contribution in [0.5, 0.6) is 0 Å². The molecule has 3 heterocycles. The first kappa shape index (κ1) is 24.0. The normalized spacial score (nSPS) is 20.8. The molecule has 0 radical (unpaired) electrons. The van der Waals surface area contributed by atoms with Crippen molar-refractivity contribution < 1.29 is 19.1 Å². The summed E-state index contributed by atoms with van der Waals surface area (Å²) in [4.78, 5) is 50.1. The van der Waals surface area contributed by atoms with Gasteiger partial charge in [-0.3, -0.25) is 14.6 Å². The summed E-state index contributed by atoms with van der Waals surface area (Å²) in [5.41, 5.74) is 0.924. The maximum Gasteiger partial charge on any atom is 0.321 e. The highest BCUT2D eigenvalue weighted by atomic mass is 16.5. The van der Waals surface area contributed by atoms with E-state index in [1.54, 1.807) is 40.0 Å². The molecule has 9 nitrogen and oxygen atoms in total. The highest BCUT2D eigenvalue weighted by molar-refractivity contribution is 5.91. The number of likely N-dealkylation sites (N-methyl/N-ethyl adjacent to an activating group) is 1. The molecule has 1 aromatic rings. The Hall–Kier alpha value is -2.68. The Morgan fingerprint density at radius 2 is 2.00 bits per heavy atom. The second-order valence-corrected chi connectivity index (χ2v) is 9.03. The number of aromatic nitrogens is 1. The molecule has 0 saturated carbocycles. The van der Waals surface area contributed by atoms with Gasteiger partial charge in [-0.25, -0.2) is 4.79 Å². The number of hydrogen-bond acceptors (Lipinski definition) is 5. The number of carbonyl (C=O) groups excluding carboxylic acids is 3. The van der Waals surface area contributed by atoms with Gasteiger partial charge in [0.2, 0.25) is 11.8 Å². The summed E-state index contributed by atoms with van der Waals surface area (Å²) in [5.74, 6) is 0.131. The van der Waals surface area contributed by atoms with Crippen LogP contribution in [-0.2, 0) is 20.7 Å². The number of pyridine rings is 1. The molecule has 2 aliphatic rings. The Morgan fingerprint density at radius 1 is 1.25 bits per heavy atom. The molecule has 176 valence electrons. The molecular weight excluding hydrogens is 410 g/mol. The zero-order chi connectivity index (χ0) is 23.3. The van der Waals surface area contributed by atoms with E-state index in [4.69, 9.17) is 4.74 Å². The average Bonchev–Trinajstić information content (AvgIpc) is 3.08. The van der Waals surface area contributed by atoms with Gasteiger partial charge in [0.05, 0.1) is 12.6 Å². The molecule has 0 N–H and O–H groups in total. The van der Waals surface area contributed by atoms with Gasteiger partial charge in [0, 0.05) is 58.6 Å². The molecule has 0 aliphatic carbocycles. The number of methoxy groups -OCH3 is 1. The van der Waals surface area contributed by atoms with Gasteiger partial charge < -0.3 is 24.3 Å². The molecule has 3 rings (SSSR count). The predicted molar refractivity (Wildman–Crippen MR) is 120 cm³/mol. The van der Waals surface area contributed by atoms with E-state index in [2.05, 4.69) is 18.8 Å². The fourth-order valence-corrected chi connectivity index (χ4v) is 4.38. The largest absolute Gasteiger partial charge is 0.383 e. The number of carbonyl (C=O) groups is 3. The standard InChI is InChI=1S/C23H35N5O4/c1-17(2)13-20-22(30)26(11-12-32-4)14-19-15-27(23(31)28(19)20)16-21(29)25(3)10-8-18-7-5-6-9-24-18/h5-7,9,17,19-20H,8,10-16H2,1-4H3/t19-,20-/m0/s1. The molecule has 32 heavy (non-hydrogen) atoms. The fraction of sp³-hybridized carbons (Fsp3) is 0.652. The van der Waals surface area contributed by atoms with Crippen molar-refractivity contribution >= 4 is 17.8 Å². The van der Waals surface area contributed by atoms with Crippen LogP contribution in [0.4, 0.5) is 4.79 Å². The molecule has 9 heteroatoms. The molecule has 2 aliphatic heterocycles. The second kappa shape index (κ2) is 10.8. The first-order valence-corrected chi connectivity index (χ1v) is 11.3. The number of fused-ring (bicyclic) bond motifs is 1. The molecule has 1 aromatic heterocycles. The van der Waals surface area contributed by atoms with Gasteiger partial charge in [0.1, 0.15) is 12.6 Å². The summed E-state index contributed by atoms with van der Waals surface area (Å²) in [6.45, 7) is 6.55. The number of rotatable bonds is 10. The number of nitrogens with zero attached hydrogens (tertiary/aromatic N) is 5. The van der Waals surface area contributed by atoms with Crippen molar-refractivity contribution in [2.24, 2.45) is 5.92 Å². The van der Waals surface area contributed by atoms with E-state index >= 15 is 0 Å². The van der Waals surface area contributed by atoms with Gasteiger partial charge in [0.25, 0.3) is 0 Å². The van der Waals surface area contributed by atoms with Crippen LogP contribution < -0.4 is 0 Å². The minimum absolute atomic E-state index is 0.0191. The van der Waals surface area contributed by atoms with Crippen molar-refractivity contribution in [2.45, 2.75) is 38.8 Å². The Balaban J connectivity index is 1.63. The zero-order valence-electron chi connectivity index (χ0n) is 19.6. The third-order valence-electron chi connectivity index (χ3n) is 6.12. The summed E-state index contributed by atoms with van der Waals surface area (Å²) in [6.07, 6.45) is 3.00. The van der Waals surface area contributed by atoms with Crippen LogP contribution in [0.2, 0.25) is 0 Å². The number of ether oxygens (including phenoxy) is 1. The lowest BCUT2D eigenvalue weighted by Crippen LogP contribution is -2.61. The van der Waals surface area contributed by atoms with Crippen LogP contribution in [0, 0.1) is 5.92 Å². The van der Waals surface area contributed by atoms with E-state index in [0.29, 0.717) is 45.6 Å². The van der Waals surface area contributed by atoms with Crippen molar-refractivity contribution in [1.82, 2.24) is 24.6 Å². The Morgan fingerprint density at radius 3 is 2.66 bits per heavy atom. The third-order valence-corrected chi connectivity index (χ3v) is 6.12. The van der Waals surface area contributed by atoms with E-state index in [1.807, 2.05) is 18.2 Å². The van der Waals surface area contributed by atoms with E-state index in [1.165, 1.54) is 0 Å². The maximum absolute atomic E-state index is 13.2. The summed E-state index contributed by atoms with van der Waals surface area (Å²) in [6, 6.07) is 4.91. The predicted octanol–water partition coefficient (Wildman–Crippen LogP) is 1.09. The summed E-state index contributed by atoms with van der Waals surface area (Å²) >= 11 is 0. The van der Waals surface area contributed by atoms with Crippen molar-refractivity contribution in [3.63, 3.8) is 0 Å². The number of urea groups is 1. The highest BCUT2D eigenvalue weighted by Gasteiger charge is 2.49. The second-order valence-electron chi connectivity index (χ2n) is 9.03. The molecule has 2 saturated heterocycles. The van der Waals surface area contributed by atoms with Gasteiger partial charge in [-0.05, 0) is 24.5 Å². The molecule has 2 fully saturated rings. The lowest BCUT2D eigenvalue weighted by molar-refractivity contribution is -0.143. The minimum atomic E-state index is -0.486. The topological polar surface area (TPSA) is 86.3 Å². The zero-order valence-corrected chi connectivity index (χ0v) is 19.6. The molecule has 4 amide bonds. The van der Waals surface area contributed by atoms with E-state index in [-0.39, 0.29) is 36.3 Å². The molecule has 0 aromatic carbocycles. The fourth-order valence-electron chi connectivity index (χ4n) is 4.38. The summed E-state index contributed by atoms with van der Waals surface area (Å²) in [7, 11) is 3.36. The average molecular weight is 446 g/mol. The molecule has 0 bridgehead atoms. The van der Waals surface area contributed by atoms with Gasteiger partial charge >= 0.3 is 6.03 Å². The third kappa shape index (κ3) is 5.56. The first-order chi connectivity index (χ1) is 15.3. The Labute approximate surface area is 190 Å². The van der Waals surface area contributed by atoms with Gasteiger partial charge in [-0.15, -0.1) is 0 Å². The van der Waals surface area contributed by atoms with Crippen molar-refractivity contribution in [3.8, 4) is 0 Å². The lowest BCUT2D eigenvalue weighted by Gasteiger charge is -2.42. The van der Waals surface area contributed by atoms with Crippen LogP contribution in [-0.4, -0.2) is 108 Å². The monoisotopic (exact) mass is 445 g/mol. The van der Waals surface area contributed by atoms with Crippen LogP contribution in [0.15, 0.2) is 24.4 Å². The Bertz CT molecular complexity index is 803. The van der Waals surface area contributed by atoms with Gasteiger partial charge in [-0.1, -0.05) is 19.9 Å². The number of amides is 4. The smallest absolute Gasteiger partial charge is 0.321 e. The highest BCUT2D eigenvalue weighted by Crippen LogP contribution is 2.29. The maximum atomic E-state index is 13.2. The number of piperazine rings is 1. The Kier molecular flexibility index (Phi) is 8.06. The van der Waals surface area contributed by atoms with Crippen molar-refractivity contribution in [2.75, 3.05) is 53.5 Å². The van der Waals surface area contributed by atoms with Crippen LogP contribution in [0.25, 0.3) is 0 Å². The van der Waals surface area contributed by atoms with Crippen LogP contribution in [0.1, 0.15) is 26.0 Å². The summed E-state index contributed by atoms with van der Waals surface area (Å²) < 4.78 is 5.16. The van der Waals surface area contributed by atoms with E-state index in [0.717, 1.165) is 5.69 Å². The van der Waals surface area contributed by atoms with E-state index in [9.17, 15) is 14.4 Å².